The number of aliphatic hydroxyl groups is 1. The highest BCUT2D eigenvalue weighted by Crippen LogP contribution is 2.24. The van der Waals surface area contributed by atoms with E-state index in [9.17, 15) is 9.50 Å². The van der Waals surface area contributed by atoms with E-state index in [0.717, 1.165) is 4.88 Å². The monoisotopic (exact) mass is 237 g/mol. The van der Waals surface area contributed by atoms with Crippen LogP contribution in [0.15, 0.2) is 41.8 Å². The van der Waals surface area contributed by atoms with Gasteiger partial charge < -0.3 is 10.4 Å². The molecule has 0 saturated heterocycles. The number of benzene rings is 1. The molecule has 0 aliphatic rings. The van der Waals surface area contributed by atoms with Crippen molar-refractivity contribution in [3.8, 4) is 0 Å². The minimum atomic E-state index is -0.308. The van der Waals surface area contributed by atoms with Crippen molar-refractivity contribution in [1.29, 1.82) is 0 Å². The average Bonchev–Trinajstić information content (AvgIpc) is 2.81. The second kappa shape index (κ2) is 5.09. The maximum atomic E-state index is 13.4. The summed E-state index contributed by atoms with van der Waals surface area (Å²) in [6.45, 7) is -0.0607. The summed E-state index contributed by atoms with van der Waals surface area (Å²) < 4.78 is 13.4. The van der Waals surface area contributed by atoms with Crippen LogP contribution in [0.3, 0.4) is 0 Å². The van der Waals surface area contributed by atoms with Gasteiger partial charge in [0.25, 0.3) is 0 Å². The summed E-state index contributed by atoms with van der Waals surface area (Å²) in [5, 5.41) is 14.2. The molecule has 0 radical (unpaired) electrons. The Morgan fingerprint density at radius 1 is 1.25 bits per heavy atom. The average molecular weight is 237 g/mol. The highest BCUT2D eigenvalue weighted by molar-refractivity contribution is 7.10. The third-order valence-corrected chi connectivity index (χ3v) is 3.26. The molecule has 0 aliphatic heterocycles. The molecule has 84 valence electrons. The van der Waals surface area contributed by atoms with Crippen LogP contribution in [0.2, 0.25) is 0 Å². The van der Waals surface area contributed by atoms with Crippen LogP contribution >= 0.6 is 11.3 Å². The molecule has 1 aromatic carbocycles. The quantitative estimate of drug-likeness (QED) is 0.856. The number of aliphatic hydroxyl groups excluding tert-OH is 1. The summed E-state index contributed by atoms with van der Waals surface area (Å²) >= 11 is 1.54. The third kappa shape index (κ3) is 2.40. The molecule has 0 amide bonds. The Hall–Kier alpha value is -1.39. The second-order valence-electron chi connectivity index (χ2n) is 3.37. The Balaban J connectivity index is 2.17. The van der Waals surface area contributed by atoms with E-state index in [2.05, 4.69) is 5.32 Å². The third-order valence-electron chi connectivity index (χ3n) is 2.27. The molecular formula is C12H12FNOS. The fourth-order valence-electron chi connectivity index (χ4n) is 1.46. The zero-order valence-electron chi connectivity index (χ0n) is 8.56. The second-order valence-corrected chi connectivity index (χ2v) is 4.35. The van der Waals surface area contributed by atoms with Gasteiger partial charge in [-0.25, -0.2) is 4.39 Å². The van der Waals surface area contributed by atoms with Crippen LogP contribution in [0.4, 0.5) is 10.1 Å². The highest BCUT2D eigenvalue weighted by atomic mass is 32.1. The summed E-state index contributed by atoms with van der Waals surface area (Å²) in [4.78, 5) is 0.991. The van der Waals surface area contributed by atoms with Gasteiger partial charge in [0.1, 0.15) is 5.82 Å². The van der Waals surface area contributed by atoms with Gasteiger partial charge in [-0.05, 0) is 23.6 Å². The molecule has 2 aromatic rings. The number of anilines is 1. The van der Waals surface area contributed by atoms with Gasteiger partial charge in [-0.2, -0.15) is 0 Å². The zero-order chi connectivity index (χ0) is 11.4. The number of hydrogen-bond donors (Lipinski definition) is 2. The van der Waals surface area contributed by atoms with Gasteiger partial charge >= 0.3 is 0 Å². The smallest absolute Gasteiger partial charge is 0.146 e. The Bertz CT molecular complexity index is 444. The maximum Gasteiger partial charge on any atom is 0.146 e. The summed E-state index contributed by atoms with van der Waals surface area (Å²) in [6.07, 6.45) is 0. The van der Waals surface area contributed by atoms with Gasteiger partial charge in [0, 0.05) is 4.88 Å². The van der Waals surface area contributed by atoms with Crippen molar-refractivity contribution in [3.05, 3.63) is 52.5 Å². The molecule has 0 saturated carbocycles. The lowest BCUT2D eigenvalue weighted by Crippen LogP contribution is -2.14. The van der Waals surface area contributed by atoms with Gasteiger partial charge in [-0.15, -0.1) is 11.3 Å². The van der Waals surface area contributed by atoms with Crippen LogP contribution < -0.4 is 5.32 Å². The lowest BCUT2D eigenvalue weighted by atomic mass is 10.2. The van der Waals surface area contributed by atoms with Crippen LogP contribution in [0.5, 0.6) is 0 Å². The molecule has 0 bridgehead atoms. The maximum absolute atomic E-state index is 13.4. The van der Waals surface area contributed by atoms with Gasteiger partial charge in [0.05, 0.1) is 18.3 Å². The normalized spacial score (nSPS) is 12.4. The summed E-state index contributed by atoms with van der Waals surface area (Å²) in [6, 6.07) is 10.0. The fraction of sp³-hybridized carbons (Fsp3) is 0.167. The lowest BCUT2D eigenvalue weighted by molar-refractivity contribution is 0.277. The Labute approximate surface area is 97.4 Å². The van der Waals surface area contributed by atoms with Crippen molar-refractivity contribution in [2.45, 2.75) is 6.04 Å². The van der Waals surface area contributed by atoms with Gasteiger partial charge in [-0.3, -0.25) is 0 Å². The first-order valence-electron chi connectivity index (χ1n) is 4.96. The predicted octanol–water partition coefficient (Wildman–Crippen LogP) is 3.03. The van der Waals surface area contributed by atoms with Crippen LogP contribution in [-0.2, 0) is 0 Å². The molecule has 2 nitrogen and oxygen atoms in total. The summed E-state index contributed by atoms with van der Waals surface area (Å²) in [7, 11) is 0. The van der Waals surface area contributed by atoms with Gasteiger partial charge in [0.15, 0.2) is 0 Å². The van der Waals surface area contributed by atoms with E-state index < -0.39 is 0 Å². The van der Waals surface area contributed by atoms with E-state index in [-0.39, 0.29) is 18.5 Å². The summed E-state index contributed by atoms with van der Waals surface area (Å²) in [5.41, 5.74) is 0.412. The molecular weight excluding hydrogens is 225 g/mol. The predicted molar refractivity (Wildman–Crippen MR) is 64.2 cm³/mol. The van der Waals surface area contributed by atoms with E-state index in [1.807, 2.05) is 17.5 Å². The Morgan fingerprint density at radius 3 is 2.69 bits per heavy atom. The zero-order valence-corrected chi connectivity index (χ0v) is 9.38. The van der Waals surface area contributed by atoms with E-state index in [0.29, 0.717) is 5.69 Å². The first kappa shape index (κ1) is 11.1. The largest absolute Gasteiger partial charge is 0.394 e. The van der Waals surface area contributed by atoms with Crippen LogP contribution in [0.1, 0.15) is 10.9 Å². The van der Waals surface area contributed by atoms with E-state index in [1.165, 1.54) is 17.4 Å². The van der Waals surface area contributed by atoms with Gasteiger partial charge in [-0.1, -0.05) is 18.2 Å². The minimum absolute atomic E-state index is 0.0607. The minimum Gasteiger partial charge on any atom is -0.394 e. The molecule has 1 aromatic heterocycles. The SMILES string of the molecule is OCC(Nc1ccccc1F)c1cccs1. The number of rotatable bonds is 4. The molecule has 2 rings (SSSR count). The number of halogens is 1. The number of hydrogen-bond acceptors (Lipinski definition) is 3. The molecule has 0 fully saturated rings. The van der Waals surface area contributed by atoms with Crippen molar-refractivity contribution in [3.63, 3.8) is 0 Å². The van der Waals surface area contributed by atoms with Crippen LogP contribution in [-0.4, -0.2) is 11.7 Å². The molecule has 1 unspecified atom stereocenters. The number of nitrogens with one attached hydrogen (secondary N) is 1. The first-order valence-corrected chi connectivity index (χ1v) is 5.84. The van der Waals surface area contributed by atoms with Gasteiger partial charge in [0.2, 0.25) is 0 Å². The van der Waals surface area contributed by atoms with Crippen LogP contribution in [0, 0.1) is 5.82 Å². The first-order chi connectivity index (χ1) is 7.81. The number of para-hydroxylation sites is 1. The van der Waals surface area contributed by atoms with Crippen LogP contribution in [0.25, 0.3) is 0 Å². The molecule has 0 aliphatic carbocycles. The number of thiophene rings is 1. The van der Waals surface area contributed by atoms with Crippen molar-refractivity contribution < 1.29 is 9.50 Å². The van der Waals surface area contributed by atoms with E-state index in [1.54, 1.807) is 18.2 Å². The molecule has 2 N–H and O–H groups in total. The van der Waals surface area contributed by atoms with Crippen molar-refractivity contribution in [2.24, 2.45) is 0 Å². The standard InChI is InChI=1S/C12H12FNOS/c13-9-4-1-2-5-10(9)14-11(8-15)12-6-3-7-16-12/h1-7,11,14-15H,8H2. The molecule has 1 atom stereocenters. The highest BCUT2D eigenvalue weighted by Gasteiger charge is 2.12. The fourth-order valence-corrected chi connectivity index (χ4v) is 2.23. The van der Waals surface area contributed by atoms with Crippen molar-refractivity contribution in [1.82, 2.24) is 0 Å². The molecule has 1 heterocycles. The van der Waals surface area contributed by atoms with E-state index in [4.69, 9.17) is 0 Å². The molecule has 16 heavy (non-hydrogen) atoms. The lowest BCUT2D eigenvalue weighted by Gasteiger charge is -2.16. The summed E-state index contributed by atoms with van der Waals surface area (Å²) in [5.74, 6) is -0.308. The topological polar surface area (TPSA) is 32.3 Å². The van der Waals surface area contributed by atoms with Crippen molar-refractivity contribution in [2.75, 3.05) is 11.9 Å². The Kier molecular flexibility index (Phi) is 3.54. The van der Waals surface area contributed by atoms with Crippen molar-refractivity contribution >= 4 is 17.0 Å². The Morgan fingerprint density at radius 2 is 2.06 bits per heavy atom. The van der Waals surface area contributed by atoms with E-state index >= 15 is 0 Å². The molecule has 4 heteroatoms. The molecule has 0 spiro atoms.